The molecule has 0 aliphatic rings. The van der Waals surface area contributed by atoms with Crippen molar-refractivity contribution in [3.8, 4) is 5.75 Å². The lowest BCUT2D eigenvalue weighted by Gasteiger charge is -2.38. The summed E-state index contributed by atoms with van der Waals surface area (Å²) in [5, 5.41) is 12.1. The molecule has 21 heavy (non-hydrogen) atoms. The molecule has 0 heterocycles. The summed E-state index contributed by atoms with van der Waals surface area (Å²) in [6, 6.07) is 7.20. The van der Waals surface area contributed by atoms with Crippen LogP contribution in [0.3, 0.4) is 0 Å². The van der Waals surface area contributed by atoms with Crippen LogP contribution < -0.4 is 10.1 Å². The van der Waals surface area contributed by atoms with Crippen molar-refractivity contribution in [2.24, 2.45) is 5.41 Å². The van der Waals surface area contributed by atoms with E-state index in [2.05, 4.69) is 5.32 Å². The van der Waals surface area contributed by atoms with Gasteiger partial charge < -0.3 is 15.2 Å². The number of ether oxygens (including phenoxy) is 1. The van der Waals surface area contributed by atoms with E-state index in [1.54, 1.807) is 46.9 Å². The normalized spacial score (nSPS) is 11.9. The number of rotatable bonds is 6. The molecule has 0 saturated carbocycles. The molecule has 0 unspecified atom stereocenters. The van der Waals surface area contributed by atoms with Gasteiger partial charge >= 0.3 is 5.97 Å². The number of nitrogens with one attached hydrogen (secondary N) is 1. The molecule has 0 aliphatic heterocycles. The average Bonchev–Trinajstić information content (AvgIpc) is 2.38. The summed E-state index contributed by atoms with van der Waals surface area (Å²) in [4.78, 5) is 23.4. The zero-order chi connectivity index (χ0) is 16.3. The molecule has 0 radical (unpaired) electrons. The predicted octanol–water partition coefficient (Wildman–Crippen LogP) is 2.24. The predicted molar refractivity (Wildman–Crippen MR) is 80.3 cm³/mol. The Morgan fingerprint density at radius 2 is 1.67 bits per heavy atom. The second-order valence-electron chi connectivity index (χ2n) is 6.13. The van der Waals surface area contributed by atoms with Gasteiger partial charge in [-0.1, -0.05) is 12.1 Å². The largest absolute Gasteiger partial charge is 0.497 e. The van der Waals surface area contributed by atoms with Crippen molar-refractivity contribution in [1.29, 1.82) is 0 Å². The zero-order valence-corrected chi connectivity index (χ0v) is 13.2. The lowest BCUT2D eigenvalue weighted by molar-refractivity contribution is -0.151. The van der Waals surface area contributed by atoms with Crippen molar-refractivity contribution < 1.29 is 19.4 Å². The van der Waals surface area contributed by atoms with Gasteiger partial charge in [-0.2, -0.15) is 0 Å². The van der Waals surface area contributed by atoms with Crippen molar-refractivity contribution >= 4 is 11.9 Å². The minimum Gasteiger partial charge on any atom is -0.497 e. The number of carboxylic acids is 1. The van der Waals surface area contributed by atoms with E-state index < -0.39 is 16.9 Å². The van der Waals surface area contributed by atoms with Crippen molar-refractivity contribution in [2.75, 3.05) is 7.11 Å². The quantitative estimate of drug-likeness (QED) is 0.843. The van der Waals surface area contributed by atoms with Gasteiger partial charge in [0, 0.05) is 5.54 Å². The summed E-state index contributed by atoms with van der Waals surface area (Å²) in [5.74, 6) is -0.428. The smallest absolute Gasteiger partial charge is 0.311 e. The Kier molecular flexibility index (Phi) is 4.99. The van der Waals surface area contributed by atoms with Crippen LogP contribution in [0.1, 0.15) is 33.3 Å². The Bertz CT molecular complexity index is 518. The van der Waals surface area contributed by atoms with Crippen LogP contribution in [0.2, 0.25) is 0 Å². The molecule has 1 aromatic carbocycles. The molecule has 0 atom stereocenters. The molecular weight excluding hydrogens is 270 g/mol. The van der Waals surface area contributed by atoms with Gasteiger partial charge in [0.15, 0.2) is 0 Å². The molecule has 1 aromatic rings. The topological polar surface area (TPSA) is 75.6 Å². The second-order valence-corrected chi connectivity index (χ2v) is 6.13. The Morgan fingerprint density at radius 3 is 2.10 bits per heavy atom. The first-order valence-corrected chi connectivity index (χ1v) is 6.77. The van der Waals surface area contributed by atoms with Crippen LogP contribution >= 0.6 is 0 Å². The summed E-state index contributed by atoms with van der Waals surface area (Å²) in [7, 11) is 1.58. The highest BCUT2D eigenvalue weighted by atomic mass is 16.5. The summed E-state index contributed by atoms with van der Waals surface area (Å²) in [6.45, 7) is 6.63. The van der Waals surface area contributed by atoms with E-state index in [0.717, 1.165) is 11.3 Å². The third kappa shape index (κ3) is 3.97. The minimum atomic E-state index is -1.07. The maximum absolute atomic E-state index is 12.1. The van der Waals surface area contributed by atoms with E-state index >= 15 is 0 Å². The minimum absolute atomic E-state index is 0.198. The molecule has 2 N–H and O–H groups in total. The van der Waals surface area contributed by atoms with Crippen LogP contribution in [0, 0.1) is 5.41 Å². The maximum Gasteiger partial charge on any atom is 0.311 e. The lowest BCUT2D eigenvalue weighted by Crippen LogP contribution is -2.57. The number of carbonyl (C=O) groups is 2. The molecule has 5 heteroatoms. The third-order valence-corrected chi connectivity index (χ3v) is 4.07. The molecule has 1 amide bonds. The van der Waals surface area contributed by atoms with Crippen molar-refractivity contribution in [1.82, 2.24) is 5.32 Å². The highest BCUT2D eigenvalue weighted by Gasteiger charge is 2.44. The fourth-order valence-corrected chi connectivity index (χ4v) is 1.75. The Labute approximate surface area is 125 Å². The lowest BCUT2D eigenvalue weighted by atomic mass is 9.74. The first-order valence-electron chi connectivity index (χ1n) is 6.77. The number of methoxy groups -OCH3 is 1. The standard InChI is InChI=1S/C16H23NO4/c1-15(2,14(19)20)16(3,4)17-13(18)10-11-6-8-12(21-5)9-7-11/h6-9H,10H2,1-5H3,(H,17,18)(H,19,20). The van der Waals surface area contributed by atoms with Crippen LogP contribution in [-0.4, -0.2) is 29.6 Å². The average molecular weight is 293 g/mol. The number of carbonyl (C=O) groups excluding carboxylic acids is 1. The SMILES string of the molecule is COc1ccc(CC(=O)NC(C)(C)C(C)(C)C(=O)O)cc1. The van der Waals surface area contributed by atoms with Gasteiger partial charge in [-0.3, -0.25) is 9.59 Å². The Balaban J connectivity index is 2.74. The Morgan fingerprint density at radius 1 is 1.14 bits per heavy atom. The monoisotopic (exact) mass is 293 g/mol. The number of amides is 1. The molecule has 1 rings (SSSR count). The fourth-order valence-electron chi connectivity index (χ4n) is 1.75. The molecule has 0 saturated heterocycles. The van der Waals surface area contributed by atoms with Gasteiger partial charge in [0.25, 0.3) is 0 Å². The van der Waals surface area contributed by atoms with Gasteiger partial charge in [0.05, 0.1) is 18.9 Å². The first kappa shape index (κ1) is 17.0. The van der Waals surface area contributed by atoms with Gasteiger partial charge in [-0.05, 0) is 45.4 Å². The van der Waals surface area contributed by atoms with Crippen LogP contribution in [0.15, 0.2) is 24.3 Å². The maximum atomic E-state index is 12.1. The summed E-state index contributed by atoms with van der Waals surface area (Å²) >= 11 is 0. The second kappa shape index (κ2) is 6.16. The van der Waals surface area contributed by atoms with Gasteiger partial charge in [-0.25, -0.2) is 0 Å². The highest BCUT2D eigenvalue weighted by Crippen LogP contribution is 2.30. The van der Waals surface area contributed by atoms with Gasteiger partial charge in [0.1, 0.15) is 5.75 Å². The molecule has 0 spiro atoms. The Hall–Kier alpha value is -2.04. The van der Waals surface area contributed by atoms with Gasteiger partial charge in [0.2, 0.25) is 5.91 Å². The van der Waals surface area contributed by atoms with E-state index in [4.69, 9.17) is 4.74 Å². The van der Waals surface area contributed by atoms with Crippen molar-refractivity contribution in [3.63, 3.8) is 0 Å². The molecule has 0 aromatic heterocycles. The molecule has 116 valence electrons. The van der Waals surface area contributed by atoms with Crippen LogP contribution in [-0.2, 0) is 16.0 Å². The van der Waals surface area contributed by atoms with E-state index in [9.17, 15) is 14.7 Å². The first-order chi connectivity index (χ1) is 9.60. The van der Waals surface area contributed by atoms with E-state index in [0.29, 0.717) is 0 Å². The van der Waals surface area contributed by atoms with E-state index in [1.807, 2.05) is 12.1 Å². The number of hydrogen-bond donors (Lipinski definition) is 2. The fraction of sp³-hybridized carbons (Fsp3) is 0.500. The molecular formula is C16H23NO4. The summed E-state index contributed by atoms with van der Waals surface area (Å²) in [6.07, 6.45) is 0.198. The van der Waals surface area contributed by atoms with Crippen LogP contribution in [0.25, 0.3) is 0 Å². The number of benzene rings is 1. The molecule has 0 aliphatic carbocycles. The van der Waals surface area contributed by atoms with Crippen LogP contribution in [0.5, 0.6) is 5.75 Å². The summed E-state index contributed by atoms with van der Waals surface area (Å²) in [5.41, 5.74) is -1.08. The van der Waals surface area contributed by atoms with E-state index in [-0.39, 0.29) is 12.3 Å². The van der Waals surface area contributed by atoms with Crippen LogP contribution in [0.4, 0.5) is 0 Å². The summed E-state index contributed by atoms with van der Waals surface area (Å²) < 4.78 is 5.06. The molecule has 0 fully saturated rings. The number of aliphatic carboxylic acids is 1. The number of carboxylic acid groups (broad SMARTS) is 1. The van der Waals surface area contributed by atoms with Gasteiger partial charge in [-0.15, -0.1) is 0 Å². The third-order valence-electron chi connectivity index (χ3n) is 4.07. The van der Waals surface area contributed by atoms with Crippen molar-refractivity contribution in [3.05, 3.63) is 29.8 Å². The van der Waals surface area contributed by atoms with Crippen molar-refractivity contribution in [2.45, 2.75) is 39.7 Å². The highest BCUT2D eigenvalue weighted by molar-refractivity contribution is 5.82. The molecule has 0 bridgehead atoms. The molecule has 5 nitrogen and oxygen atoms in total. The zero-order valence-electron chi connectivity index (χ0n) is 13.2. The van der Waals surface area contributed by atoms with E-state index in [1.165, 1.54) is 0 Å². The number of hydrogen-bond acceptors (Lipinski definition) is 3.